The summed E-state index contributed by atoms with van der Waals surface area (Å²) in [5.74, 6) is 0.947. The summed E-state index contributed by atoms with van der Waals surface area (Å²) in [7, 11) is 8.31. The average molecular weight is 389 g/mol. The van der Waals surface area contributed by atoms with Crippen molar-refractivity contribution in [2.75, 3.05) is 54.4 Å². The summed E-state index contributed by atoms with van der Waals surface area (Å²) in [6.45, 7) is 4.78. The molecule has 0 aromatic heterocycles. The zero-order valence-electron chi connectivity index (χ0n) is 14.6. The lowest BCUT2D eigenvalue weighted by Gasteiger charge is -2.12. The maximum atomic E-state index is 5.67. The van der Waals surface area contributed by atoms with Crippen molar-refractivity contribution < 1.29 is 4.74 Å². The van der Waals surface area contributed by atoms with Crippen LogP contribution in [0.1, 0.15) is 12.0 Å². The highest BCUT2D eigenvalue weighted by atomic mass is 35.5. The van der Waals surface area contributed by atoms with Crippen molar-refractivity contribution in [1.82, 2.24) is 15.1 Å². The number of rotatable bonds is 10. The molecular formula is C16H32Cl3N3O. The lowest BCUT2D eigenvalue weighted by Crippen LogP contribution is -2.21. The quantitative estimate of drug-likeness (QED) is 0.624. The molecule has 4 nitrogen and oxygen atoms in total. The van der Waals surface area contributed by atoms with Crippen molar-refractivity contribution in [3.8, 4) is 5.75 Å². The Labute approximate surface area is 160 Å². The van der Waals surface area contributed by atoms with Crippen molar-refractivity contribution in [3.05, 3.63) is 29.8 Å². The fraction of sp³-hybridized carbons (Fsp3) is 0.625. The lowest BCUT2D eigenvalue weighted by molar-refractivity contribution is 0.261. The van der Waals surface area contributed by atoms with Gasteiger partial charge in [-0.3, -0.25) is 0 Å². The fourth-order valence-corrected chi connectivity index (χ4v) is 1.80. The van der Waals surface area contributed by atoms with Crippen LogP contribution in [0.25, 0.3) is 0 Å². The van der Waals surface area contributed by atoms with Crippen LogP contribution >= 0.6 is 37.2 Å². The molecule has 1 aromatic carbocycles. The van der Waals surface area contributed by atoms with Gasteiger partial charge in [0.1, 0.15) is 12.4 Å². The van der Waals surface area contributed by atoms with Crippen molar-refractivity contribution in [2.45, 2.75) is 13.0 Å². The van der Waals surface area contributed by atoms with Crippen molar-refractivity contribution in [2.24, 2.45) is 0 Å². The molecule has 0 aliphatic carbocycles. The second kappa shape index (κ2) is 16.6. The number of nitrogens with one attached hydrogen (secondary N) is 1. The second-order valence-corrected chi connectivity index (χ2v) is 5.63. The summed E-state index contributed by atoms with van der Waals surface area (Å²) in [4.78, 5) is 4.33. The van der Waals surface area contributed by atoms with Gasteiger partial charge in [-0.05, 0) is 65.4 Å². The third-order valence-electron chi connectivity index (χ3n) is 3.02. The number of benzene rings is 1. The molecule has 0 bridgehead atoms. The van der Waals surface area contributed by atoms with Crippen molar-refractivity contribution in [3.63, 3.8) is 0 Å². The minimum absolute atomic E-state index is 0. The fourth-order valence-electron chi connectivity index (χ4n) is 1.80. The molecule has 0 amide bonds. The third kappa shape index (κ3) is 15.1. The smallest absolute Gasteiger partial charge is 0.119 e. The van der Waals surface area contributed by atoms with Gasteiger partial charge in [0.2, 0.25) is 0 Å². The maximum absolute atomic E-state index is 5.67. The van der Waals surface area contributed by atoms with Crippen molar-refractivity contribution >= 4 is 37.2 Å². The highest BCUT2D eigenvalue weighted by Crippen LogP contribution is 2.11. The molecule has 0 aliphatic rings. The summed E-state index contributed by atoms with van der Waals surface area (Å²) in [6, 6.07) is 8.35. The van der Waals surface area contributed by atoms with Crippen LogP contribution in [0.3, 0.4) is 0 Å². The summed E-state index contributed by atoms with van der Waals surface area (Å²) >= 11 is 0. The normalized spacial score (nSPS) is 9.83. The number of hydrogen-bond acceptors (Lipinski definition) is 4. The Bertz CT molecular complexity index is 362. The van der Waals surface area contributed by atoms with Gasteiger partial charge in [-0.15, -0.1) is 37.2 Å². The molecule has 0 radical (unpaired) electrons. The molecule has 23 heavy (non-hydrogen) atoms. The van der Waals surface area contributed by atoms with Gasteiger partial charge in [0.15, 0.2) is 0 Å². The second-order valence-electron chi connectivity index (χ2n) is 5.63. The van der Waals surface area contributed by atoms with Crippen LogP contribution in [0.2, 0.25) is 0 Å². The molecule has 0 unspecified atom stereocenters. The van der Waals surface area contributed by atoms with Gasteiger partial charge in [0.05, 0.1) is 0 Å². The Kier molecular flexibility index (Phi) is 20.0. The molecule has 0 fully saturated rings. The predicted molar refractivity (Wildman–Crippen MR) is 107 cm³/mol. The molecule has 138 valence electrons. The zero-order valence-corrected chi connectivity index (χ0v) is 17.0. The SMILES string of the molecule is CN(C)CCCNCc1ccc(OCCN(C)C)cc1.Cl.Cl.Cl. The highest BCUT2D eigenvalue weighted by molar-refractivity contribution is 5.86. The Morgan fingerprint density at radius 2 is 1.43 bits per heavy atom. The van der Waals surface area contributed by atoms with E-state index in [0.29, 0.717) is 0 Å². The van der Waals surface area contributed by atoms with Gasteiger partial charge in [-0.1, -0.05) is 12.1 Å². The van der Waals surface area contributed by atoms with Gasteiger partial charge in [0.25, 0.3) is 0 Å². The molecule has 0 spiro atoms. The van der Waals surface area contributed by atoms with E-state index in [9.17, 15) is 0 Å². The number of ether oxygens (including phenoxy) is 1. The Hall–Kier alpha value is -0.230. The van der Waals surface area contributed by atoms with Crippen LogP contribution in [0, 0.1) is 0 Å². The molecule has 1 aromatic rings. The Morgan fingerprint density at radius 3 is 1.96 bits per heavy atom. The van der Waals surface area contributed by atoms with Crippen molar-refractivity contribution in [1.29, 1.82) is 0 Å². The standard InChI is InChI=1S/C16H29N3O.3ClH/c1-18(2)11-5-10-17-14-15-6-8-16(9-7-15)20-13-12-19(3)4;;;/h6-9,17H,5,10-14H2,1-4H3;3*1H. The number of likely N-dealkylation sites (N-methyl/N-ethyl adjacent to an activating group) is 1. The van der Waals surface area contributed by atoms with Gasteiger partial charge in [-0.25, -0.2) is 0 Å². The number of hydrogen-bond donors (Lipinski definition) is 1. The highest BCUT2D eigenvalue weighted by Gasteiger charge is 1.97. The van der Waals surface area contributed by atoms with Gasteiger partial charge in [0, 0.05) is 13.1 Å². The zero-order chi connectivity index (χ0) is 14.8. The van der Waals surface area contributed by atoms with E-state index >= 15 is 0 Å². The minimum Gasteiger partial charge on any atom is -0.492 e. The van der Waals surface area contributed by atoms with Crippen LogP contribution in [0.4, 0.5) is 0 Å². The minimum atomic E-state index is 0. The molecule has 1 N–H and O–H groups in total. The number of nitrogens with zero attached hydrogens (tertiary/aromatic N) is 2. The van der Waals surface area contributed by atoms with E-state index in [1.165, 1.54) is 12.0 Å². The molecule has 0 aliphatic heterocycles. The molecule has 0 heterocycles. The first-order valence-corrected chi connectivity index (χ1v) is 7.30. The van der Waals surface area contributed by atoms with E-state index in [0.717, 1.165) is 38.5 Å². The molecule has 7 heteroatoms. The van der Waals surface area contributed by atoms with E-state index in [-0.39, 0.29) is 37.2 Å². The van der Waals surface area contributed by atoms with E-state index in [4.69, 9.17) is 4.74 Å². The first kappa shape index (κ1) is 27.6. The average Bonchev–Trinajstić information content (AvgIpc) is 2.39. The first-order valence-electron chi connectivity index (χ1n) is 7.30. The summed E-state index contributed by atoms with van der Waals surface area (Å²) < 4.78 is 5.67. The predicted octanol–water partition coefficient (Wildman–Crippen LogP) is 2.93. The van der Waals surface area contributed by atoms with Gasteiger partial charge >= 0.3 is 0 Å². The lowest BCUT2D eigenvalue weighted by atomic mass is 10.2. The molecule has 0 atom stereocenters. The summed E-state index contributed by atoms with van der Waals surface area (Å²) in [5, 5.41) is 3.46. The van der Waals surface area contributed by atoms with E-state index in [1.807, 2.05) is 12.1 Å². The maximum Gasteiger partial charge on any atom is 0.119 e. The largest absolute Gasteiger partial charge is 0.492 e. The summed E-state index contributed by atoms with van der Waals surface area (Å²) in [6.07, 6.45) is 1.18. The topological polar surface area (TPSA) is 27.7 Å². The Morgan fingerprint density at radius 1 is 0.870 bits per heavy atom. The monoisotopic (exact) mass is 387 g/mol. The van der Waals surface area contributed by atoms with Crippen LogP contribution in [0.15, 0.2) is 24.3 Å². The van der Waals surface area contributed by atoms with Gasteiger partial charge < -0.3 is 19.9 Å². The van der Waals surface area contributed by atoms with Gasteiger partial charge in [-0.2, -0.15) is 0 Å². The first-order chi connectivity index (χ1) is 9.58. The number of halogens is 3. The van der Waals surface area contributed by atoms with E-state index in [1.54, 1.807) is 0 Å². The van der Waals surface area contributed by atoms with Crippen LogP contribution < -0.4 is 10.1 Å². The van der Waals surface area contributed by atoms with E-state index in [2.05, 4.69) is 55.4 Å². The third-order valence-corrected chi connectivity index (χ3v) is 3.02. The van der Waals surface area contributed by atoms with E-state index < -0.39 is 0 Å². The van der Waals surface area contributed by atoms with Crippen LogP contribution in [0.5, 0.6) is 5.75 Å². The molecular weight excluding hydrogens is 357 g/mol. The summed E-state index contributed by atoms with van der Waals surface area (Å²) in [5.41, 5.74) is 1.30. The molecule has 1 rings (SSSR count). The van der Waals surface area contributed by atoms with Crippen LogP contribution in [-0.2, 0) is 6.54 Å². The molecule has 0 saturated heterocycles. The molecule has 0 saturated carbocycles. The van der Waals surface area contributed by atoms with Crippen LogP contribution in [-0.4, -0.2) is 64.2 Å². The Balaban J connectivity index is -0.00000133.